The van der Waals surface area contributed by atoms with Gasteiger partial charge in [0.15, 0.2) is 17.7 Å². The van der Waals surface area contributed by atoms with Crippen molar-refractivity contribution in [2.45, 2.75) is 51.3 Å². The molecule has 10 heteroatoms. The molecular formula is C35H36N2O8. The molecule has 0 bridgehead atoms. The van der Waals surface area contributed by atoms with Crippen LogP contribution in [0.3, 0.4) is 0 Å². The molecule has 1 N–H and O–H groups in total. The van der Waals surface area contributed by atoms with Crippen LogP contribution >= 0.6 is 0 Å². The maximum atomic E-state index is 13.7. The Morgan fingerprint density at radius 1 is 0.778 bits per heavy atom. The van der Waals surface area contributed by atoms with Gasteiger partial charge >= 0.3 is 5.97 Å². The first kappa shape index (κ1) is 31.8. The Hall–Kier alpha value is -4.61. The second kappa shape index (κ2) is 15.9. The standard InChI is InChI=1S/C35H36N2O8/c1-24(38)45-31-28(40-2)18-19-36-30(31)34(39)37-35-33(43-22-27-16-10-5-11-17-27)32(42-21-26-14-8-4-9-15-26)29(23-44-35)41-20-25-12-6-3-7-13-25/h3-19,29,32-33,35H,20-23H2,1-2H3,(H,37,39)/t29-,32+,33-,35-/m1/s1. The highest BCUT2D eigenvalue weighted by atomic mass is 16.6. The Labute approximate surface area is 262 Å². The smallest absolute Gasteiger partial charge is 0.308 e. The number of carbonyl (C=O) groups is 2. The van der Waals surface area contributed by atoms with Gasteiger partial charge in [-0.15, -0.1) is 0 Å². The molecule has 0 radical (unpaired) electrons. The van der Waals surface area contributed by atoms with E-state index in [1.54, 1.807) is 0 Å². The maximum Gasteiger partial charge on any atom is 0.308 e. The molecule has 0 saturated carbocycles. The second-order valence-electron chi connectivity index (χ2n) is 10.4. The average molecular weight is 613 g/mol. The molecule has 10 nitrogen and oxygen atoms in total. The van der Waals surface area contributed by atoms with Crippen molar-refractivity contribution in [3.8, 4) is 11.5 Å². The van der Waals surface area contributed by atoms with E-state index in [2.05, 4.69) is 10.3 Å². The molecular weight excluding hydrogens is 576 g/mol. The zero-order valence-corrected chi connectivity index (χ0v) is 25.2. The lowest BCUT2D eigenvalue weighted by Crippen LogP contribution is -2.61. The van der Waals surface area contributed by atoms with Crippen LogP contribution in [0.25, 0.3) is 0 Å². The number of hydrogen-bond acceptors (Lipinski definition) is 9. The van der Waals surface area contributed by atoms with E-state index in [1.807, 2.05) is 91.0 Å². The van der Waals surface area contributed by atoms with Gasteiger partial charge in [-0.3, -0.25) is 9.59 Å². The molecule has 0 unspecified atom stereocenters. The Bertz CT molecular complexity index is 1520. The molecule has 2 heterocycles. The third kappa shape index (κ3) is 8.74. The molecule has 1 amide bonds. The predicted octanol–water partition coefficient (Wildman–Crippen LogP) is 4.86. The third-order valence-corrected chi connectivity index (χ3v) is 7.13. The Morgan fingerprint density at radius 2 is 1.31 bits per heavy atom. The van der Waals surface area contributed by atoms with E-state index in [-0.39, 0.29) is 37.0 Å². The fraction of sp³-hybridized carbons (Fsp3) is 0.286. The van der Waals surface area contributed by atoms with Gasteiger partial charge in [0.2, 0.25) is 5.75 Å². The van der Waals surface area contributed by atoms with Crippen LogP contribution in [0.4, 0.5) is 0 Å². The highest BCUT2D eigenvalue weighted by Gasteiger charge is 2.44. The minimum absolute atomic E-state index is 0.0940. The number of nitrogens with zero attached hydrogens (tertiary/aromatic N) is 1. The number of methoxy groups -OCH3 is 1. The van der Waals surface area contributed by atoms with Gasteiger partial charge in [0.05, 0.1) is 33.5 Å². The summed E-state index contributed by atoms with van der Waals surface area (Å²) in [5, 5.41) is 2.88. The summed E-state index contributed by atoms with van der Waals surface area (Å²) in [4.78, 5) is 29.7. The number of amides is 1. The normalized spacial score (nSPS) is 19.4. The molecule has 0 spiro atoms. The summed E-state index contributed by atoms with van der Waals surface area (Å²) in [6.07, 6.45) is -1.52. The number of carbonyl (C=O) groups excluding carboxylic acids is 2. The van der Waals surface area contributed by atoms with Gasteiger partial charge in [0, 0.05) is 19.2 Å². The minimum atomic E-state index is -0.961. The maximum absolute atomic E-state index is 13.7. The number of esters is 1. The monoisotopic (exact) mass is 612 g/mol. The van der Waals surface area contributed by atoms with E-state index < -0.39 is 36.4 Å². The van der Waals surface area contributed by atoms with Gasteiger partial charge in [-0.25, -0.2) is 4.98 Å². The molecule has 5 rings (SSSR count). The lowest BCUT2D eigenvalue weighted by molar-refractivity contribution is -0.241. The van der Waals surface area contributed by atoms with Crippen LogP contribution in [0, 0.1) is 0 Å². The number of benzene rings is 3. The first-order valence-corrected chi connectivity index (χ1v) is 14.6. The van der Waals surface area contributed by atoms with Crippen molar-refractivity contribution in [2.75, 3.05) is 13.7 Å². The quantitative estimate of drug-likeness (QED) is 0.212. The summed E-state index contributed by atoms with van der Waals surface area (Å²) in [5.74, 6) is -1.18. The van der Waals surface area contributed by atoms with E-state index in [9.17, 15) is 9.59 Å². The highest BCUT2D eigenvalue weighted by molar-refractivity contribution is 5.96. The lowest BCUT2D eigenvalue weighted by atomic mass is 10.0. The van der Waals surface area contributed by atoms with Crippen LogP contribution in [0.2, 0.25) is 0 Å². The highest BCUT2D eigenvalue weighted by Crippen LogP contribution is 2.31. The number of hydrogen-bond donors (Lipinski definition) is 1. The SMILES string of the molecule is COc1ccnc(C(=O)N[C@@H]2OC[C@@H](OCc3ccccc3)[C@H](OCc3ccccc3)[C@H]2OCc2ccccc2)c1OC(C)=O. The Balaban J connectivity index is 1.43. The third-order valence-electron chi connectivity index (χ3n) is 7.13. The summed E-state index contributed by atoms with van der Waals surface area (Å²) in [6, 6.07) is 30.8. The van der Waals surface area contributed by atoms with Gasteiger partial charge in [-0.1, -0.05) is 91.0 Å². The van der Waals surface area contributed by atoms with Crippen molar-refractivity contribution in [3.05, 3.63) is 126 Å². The molecule has 1 aromatic heterocycles. The molecule has 234 valence electrons. The molecule has 4 aromatic rings. The van der Waals surface area contributed by atoms with Crippen LogP contribution in [-0.4, -0.2) is 55.1 Å². The van der Waals surface area contributed by atoms with E-state index in [4.69, 9.17) is 28.4 Å². The summed E-state index contributed by atoms with van der Waals surface area (Å²) < 4.78 is 36.2. The van der Waals surface area contributed by atoms with E-state index in [0.717, 1.165) is 16.7 Å². The summed E-state index contributed by atoms with van der Waals surface area (Å²) in [7, 11) is 1.41. The van der Waals surface area contributed by atoms with E-state index >= 15 is 0 Å². The largest absolute Gasteiger partial charge is 0.493 e. The fourth-order valence-electron chi connectivity index (χ4n) is 4.93. The molecule has 3 aromatic carbocycles. The van der Waals surface area contributed by atoms with Crippen LogP contribution in [0.5, 0.6) is 11.5 Å². The van der Waals surface area contributed by atoms with Crippen molar-refractivity contribution in [2.24, 2.45) is 0 Å². The molecule has 1 aliphatic rings. The van der Waals surface area contributed by atoms with Crippen molar-refractivity contribution in [1.29, 1.82) is 0 Å². The van der Waals surface area contributed by atoms with Gasteiger partial charge < -0.3 is 33.7 Å². The van der Waals surface area contributed by atoms with Crippen LogP contribution in [0.15, 0.2) is 103 Å². The van der Waals surface area contributed by atoms with Gasteiger partial charge in [0.1, 0.15) is 18.3 Å². The number of nitrogens with one attached hydrogen (secondary N) is 1. The molecule has 1 fully saturated rings. The van der Waals surface area contributed by atoms with Crippen molar-refractivity contribution in [3.63, 3.8) is 0 Å². The fourth-order valence-corrected chi connectivity index (χ4v) is 4.93. The molecule has 1 aliphatic heterocycles. The second-order valence-corrected chi connectivity index (χ2v) is 10.4. The predicted molar refractivity (Wildman–Crippen MR) is 164 cm³/mol. The lowest BCUT2D eigenvalue weighted by Gasteiger charge is -2.42. The number of rotatable bonds is 13. The summed E-state index contributed by atoms with van der Waals surface area (Å²) >= 11 is 0. The number of pyridine rings is 1. The minimum Gasteiger partial charge on any atom is -0.493 e. The average Bonchev–Trinajstić information content (AvgIpc) is 3.07. The van der Waals surface area contributed by atoms with Crippen LogP contribution in [0.1, 0.15) is 34.1 Å². The van der Waals surface area contributed by atoms with E-state index in [0.29, 0.717) is 6.61 Å². The van der Waals surface area contributed by atoms with E-state index in [1.165, 1.54) is 26.3 Å². The van der Waals surface area contributed by atoms with Crippen LogP contribution in [-0.2, 0) is 43.6 Å². The number of ether oxygens (including phenoxy) is 6. The molecule has 4 atom stereocenters. The van der Waals surface area contributed by atoms with Crippen molar-refractivity contribution >= 4 is 11.9 Å². The van der Waals surface area contributed by atoms with Crippen LogP contribution < -0.4 is 14.8 Å². The Morgan fingerprint density at radius 3 is 1.84 bits per heavy atom. The Kier molecular flexibility index (Phi) is 11.3. The molecule has 1 saturated heterocycles. The zero-order valence-electron chi connectivity index (χ0n) is 25.2. The molecule has 45 heavy (non-hydrogen) atoms. The first-order valence-electron chi connectivity index (χ1n) is 14.6. The zero-order chi connectivity index (χ0) is 31.4. The van der Waals surface area contributed by atoms with Crippen molar-refractivity contribution < 1.29 is 38.0 Å². The number of aromatic nitrogens is 1. The summed E-state index contributed by atoms with van der Waals surface area (Å²) in [5.41, 5.74) is 2.76. The summed E-state index contributed by atoms with van der Waals surface area (Å²) in [6.45, 7) is 2.20. The van der Waals surface area contributed by atoms with Crippen molar-refractivity contribution in [1.82, 2.24) is 10.3 Å². The van der Waals surface area contributed by atoms with Gasteiger partial charge in [-0.2, -0.15) is 0 Å². The topological polar surface area (TPSA) is 114 Å². The first-order chi connectivity index (χ1) is 22.0. The van der Waals surface area contributed by atoms with Gasteiger partial charge in [-0.05, 0) is 16.7 Å². The van der Waals surface area contributed by atoms with Gasteiger partial charge in [0.25, 0.3) is 5.91 Å². The molecule has 0 aliphatic carbocycles.